The highest BCUT2D eigenvalue weighted by Crippen LogP contribution is 2.33. The summed E-state index contributed by atoms with van der Waals surface area (Å²) < 4.78 is 0. The molecule has 4 aromatic rings. The van der Waals surface area contributed by atoms with Gasteiger partial charge < -0.3 is 0 Å². The van der Waals surface area contributed by atoms with Crippen molar-refractivity contribution < 1.29 is 4.79 Å². The first-order chi connectivity index (χ1) is 14.1. The van der Waals surface area contributed by atoms with Crippen LogP contribution < -0.4 is 5.32 Å². The van der Waals surface area contributed by atoms with E-state index in [4.69, 9.17) is 0 Å². The van der Waals surface area contributed by atoms with E-state index in [1.54, 1.807) is 11.3 Å². The summed E-state index contributed by atoms with van der Waals surface area (Å²) in [6, 6.07) is 14.0. The molecule has 0 saturated heterocycles. The molecule has 0 radical (unpaired) electrons. The summed E-state index contributed by atoms with van der Waals surface area (Å²) in [5, 5.41) is 6.16. The largest absolute Gasteiger partial charge is 0.298 e. The number of thiazole rings is 1. The van der Waals surface area contributed by atoms with Crippen LogP contribution >= 0.6 is 34.4 Å². The quantitative estimate of drug-likeness (QED) is 0.309. The van der Waals surface area contributed by atoms with E-state index in [0.717, 1.165) is 21.0 Å². The fourth-order valence-electron chi connectivity index (χ4n) is 2.94. The van der Waals surface area contributed by atoms with Gasteiger partial charge in [0.15, 0.2) is 11.0 Å². The molecule has 1 amide bonds. The Balaban J connectivity index is 1.64. The number of benzene rings is 1. The lowest BCUT2D eigenvalue weighted by molar-refractivity contribution is 0.102. The molecular weight excluding hydrogens is 420 g/mol. The number of nitrogens with zero attached hydrogens (tertiary/aromatic N) is 3. The van der Waals surface area contributed by atoms with Crippen molar-refractivity contribution >= 4 is 45.5 Å². The molecule has 0 saturated carbocycles. The lowest BCUT2D eigenvalue weighted by atomic mass is 10.2. The average Bonchev–Trinajstić information content (AvgIpc) is 3.38. The molecule has 0 unspecified atom stereocenters. The zero-order valence-electron chi connectivity index (χ0n) is 16.1. The highest BCUT2D eigenvalue weighted by atomic mass is 32.2. The first-order valence-electron chi connectivity index (χ1n) is 8.87. The summed E-state index contributed by atoms with van der Waals surface area (Å²) in [5.41, 5.74) is 3.13. The van der Waals surface area contributed by atoms with Crippen LogP contribution in [0.4, 0.5) is 5.13 Å². The Morgan fingerprint density at radius 1 is 1.00 bits per heavy atom. The van der Waals surface area contributed by atoms with E-state index in [9.17, 15) is 4.79 Å². The van der Waals surface area contributed by atoms with Gasteiger partial charge in [-0.25, -0.2) is 15.0 Å². The number of thiophene rings is 1. The number of aromatic nitrogens is 3. The van der Waals surface area contributed by atoms with Crippen molar-refractivity contribution in [1.82, 2.24) is 15.0 Å². The summed E-state index contributed by atoms with van der Waals surface area (Å²) in [6.45, 7) is 3.79. The van der Waals surface area contributed by atoms with Crippen LogP contribution in [0.2, 0.25) is 0 Å². The number of aryl methyl sites for hydroxylation is 2. The zero-order valence-corrected chi connectivity index (χ0v) is 18.5. The SMILES string of the molecule is CSc1nc(-c2cccs2)nc(C)c1C(=O)Nc1nc(C)c(-c2ccccc2)s1. The minimum atomic E-state index is -0.238. The second kappa shape index (κ2) is 8.44. The van der Waals surface area contributed by atoms with Crippen molar-refractivity contribution in [2.24, 2.45) is 0 Å². The van der Waals surface area contributed by atoms with E-state index in [2.05, 4.69) is 20.3 Å². The summed E-state index contributed by atoms with van der Waals surface area (Å²) in [4.78, 5) is 28.8. The molecule has 0 spiro atoms. The second-order valence-corrected chi connectivity index (χ2v) is 8.99. The molecule has 0 aliphatic rings. The lowest BCUT2D eigenvalue weighted by Gasteiger charge is -2.10. The number of thioether (sulfide) groups is 1. The fourth-order valence-corrected chi connectivity index (χ4v) is 5.19. The van der Waals surface area contributed by atoms with Crippen molar-refractivity contribution in [1.29, 1.82) is 0 Å². The fraction of sp³-hybridized carbons (Fsp3) is 0.143. The highest BCUT2D eigenvalue weighted by molar-refractivity contribution is 7.98. The number of amides is 1. The Morgan fingerprint density at radius 2 is 1.79 bits per heavy atom. The highest BCUT2D eigenvalue weighted by Gasteiger charge is 2.21. The van der Waals surface area contributed by atoms with Gasteiger partial charge in [0.1, 0.15) is 5.03 Å². The minimum Gasteiger partial charge on any atom is -0.298 e. The van der Waals surface area contributed by atoms with Gasteiger partial charge >= 0.3 is 0 Å². The third-order valence-corrected chi connectivity index (χ3v) is 6.94. The summed E-state index contributed by atoms with van der Waals surface area (Å²) in [6.07, 6.45) is 1.91. The summed E-state index contributed by atoms with van der Waals surface area (Å²) >= 11 is 4.49. The standard InChI is InChI=1S/C21H18N4OS3/c1-12-16(20(27-3)24-18(22-12)15-10-7-11-28-15)19(26)25-21-23-13(2)17(29-21)14-8-5-4-6-9-14/h4-11H,1-3H3,(H,23,25,26). The monoisotopic (exact) mass is 438 g/mol. The number of hydrogen-bond donors (Lipinski definition) is 1. The third kappa shape index (κ3) is 4.10. The molecule has 8 heteroatoms. The van der Waals surface area contributed by atoms with Gasteiger partial charge in [-0.1, -0.05) is 47.7 Å². The number of hydrogen-bond acceptors (Lipinski definition) is 7. The molecule has 4 rings (SSSR count). The minimum absolute atomic E-state index is 0.238. The summed E-state index contributed by atoms with van der Waals surface area (Å²) in [7, 11) is 0. The molecule has 146 valence electrons. The van der Waals surface area contributed by atoms with Crippen LogP contribution in [0.3, 0.4) is 0 Å². The second-order valence-electron chi connectivity index (χ2n) is 6.25. The van der Waals surface area contributed by atoms with E-state index in [-0.39, 0.29) is 5.91 Å². The normalized spacial score (nSPS) is 10.9. The van der Waals surface area contributed by atoms with Crippen LogP contribution in [-0.2, 0) is 0 Å². The first-order valence-corrected chi connectivity index (χ1v) is 11.8. The predicted molar refractivity (Wildman–Crippen MR) is 122 cm³/mol. The topological polar surface area (TPSA) is 67.8 Å². The van der Waals surface area contributed by atoms with Crippen LogP contribution in [0.5, 0.6) is 0 Å². The van der Waals surface area contributed by atoms with Crippen molar-refractivity contribution in [2.45, 2.75) is 18.9 Å². The van der Waals surface area contributed by atoms with E-state index in [1.165, 1.54) is 23.1 Å². The van der Waals surface area contributed by atoms with Crippen molar-refractivity contribution in [3.8, 4) is 21.1 Å². The summed E-state index contributed by atoms with van der Waals surface area (Å²) in [5.74, 6) is 0.410. The molecule has 3 heterocycles. The van der Waals surface area contributed by atoms with Gasteiger partial charge in [-0.05, 0) is 37.1 Å². The predicted octanol–water partition coefficient (Wildman–Crippen LogP) is 5.92. The maximum Gasteiger partial charge on any atom is 0.262 e. The molecule has 3 aromatic heterocycles. The number of rotatable bonds is 5. The van der Waals surface area contributed by atoms with Crippen molar-refractivity contribution in [2.75, 3.05) is 11.6 Å². The van der Waals surface area contributed by atoms with Crippen molar-refractivity contribution in [3.05, 3.63) is 64.8 Å². The van der Waals surface area contributed by atoms with Gasteiger partial charge in [-0.3, -0.25) is 10.1 Å². The molecule has 0 fully saturated rings. The lowest BCUT2D eigenvalue weighted by Crippen LogP contribution is -2.16. The Bertz CT molecular complexity index is 1150. The third-order valence-electron chi connectivity index (χ3n) is 4.27. The number of nitrogens with one attached hydrogen (secondary N) is 1. The average molecular weight is 439 g/mol. The molecule has 1 N–H and O–H groups in total. The van der Waals surface area contributed by atoms with Gasteiger partial charge in [0.25, 0.3) is 5.91 Å². The van der Waals surface area contributed by atoms with Crippen LogP contribution in [0, 0.1) is 13.8 Å². The molecular formula is C21H18N4OS3. The first kappa shape index (κ1) is 19.8. The Hall–Kier alpha value is -2.55. The maximum absolute atomic E-state index is 13.0. The van der Waals surface area contributed by atoms with E-state index in [1.807, 2.05) is 67.9 Å². The van der Waals surface area contributed by atoms with Crippen LogP contribution in [0.1, 0.15) is 21.7 Å². The number of carbonyl (C=O) groups excluding carboxylic acids is 1. The smallest absolute Gasteiger partial charge is 0.262 e. The number of carbonyl (C=O) groups is 1. The van der Waals surface area contributed by atoms with Crippen molar-refractivity contribution in [3.63, 3.8) is 0 Å². The Morgan fingerprint density at radius 3 is 2.48 bits per heavy atom. The van der Waals surface area contributed by atoms with Gasteiger partial charge in [-0.2, -0.15) is 0 Å². The van der Waals surface area contributed by atoms with Crippen LogP contribution in [0.25, 0.3) is 21.1 Å². The van der Waals surface area contributed by atoms with E-state index < -0.39 is 0 Å². The van der Waals surface area contributed by atoms with Gasteiger partial charge in [0.05, 0.1) is 26.7 Å². The molecule has 0 aliphatic carbocycles. The number of anilines is 1. The Labute approximate surface area is 181 Å². The van der Waals surface area contributed by atoms with Gasteiger partial charge in [-0.15, -0.1) is 23.1 Å². The molecule has 0 bridgehead atoms. The molecule has 1 aromatic carbocycles. The Kier molecular flexibility index (Phi) is 5.75. The van der Waals surface area contributed by atoms with E-state index in [0.29, 0.717) is 27.2 Å². The molecule has 29 heavy (non-hydrogen) atoms. The van der Waals surface area contributed by atoms with E-state index >= 15 is 0 Å². The maximum atomic E-state index is 13.0. The molecule has 0 aliphatic heterocycles. The van der Waals surface area contributed by atoms with Gasteiger partial charge in [0.2, 0.25) is 0 Å². The van der Waals surface area contributed by atoms with Crippen LogP contribution in [-0.4, -0.2) is 27.1 Å². The molecule has 0 atom stereocenters. The zero-order chi connectivity index (χ0) is 20.4. The van der Waals surface area contributed by atoms with Gasteiger partial charge in [0, 0.05) is 0 Å². The van der Waals surface area contributed by atoms with Crippen LogP contribution in [0.15, 0.2) is 52.9 Å². The molecule has 5 nitrogen and oxygen atoms in total.